The Hall–Kier alpha value is -2.58. The third kappa shape index (κ3) is 4.71. The smallest absolute Gasteiger partial charge is 0.248 e. The Morgan fingerprint density at radius 3 is 2.72 bits per heavy atom. The molecule has 0 aliphatic carbocycles. The molecule has 1 aliphatic heterocycles. The summed E-state index contributed by atoms with van der Waals surface area (Å²) < 4.78 is 1.16. The van der Waals surface area contributed by atoms with Crippen molar-refractivity contribution in [2.75, 3.05) is 29.1 Å². The van der Waals surface area contributed by atoms with E-state index in [9.17, 15) is 9.59 Å². The van der Waals surface area contributed by atoms with Crippen LogP contribution in [0.15, 0.2) is 42.5 Å². The second-order valence-corrected chi connectivity index (χ2v) is 9.01. The normalized spacial score (nSPS) is 13.7. The summed E-state index contributed by atoms with van der Waals surface area (Å²) in [6.07, 6.45) is 2.26. The number of para-hydroxylation sites is 1. The van der Waals surface area contributed by atoms with Crippen LogP contribution < -0.4 is 16.0 Å². The average Bonchev–Trinajstić information content (AvgIpc) is 3.37. The van der Waals surface area contributed by atoms with Crippen LogP contribution in [0.25, 0.3) is 10.2 Å². The lowest BCUT2D eigenvalue weighted by atomic mass is 10.1. The number of carbonyl (C=O) groups excluding carboxylic acids is 2. The molecule has 0 spiro atoms. The molecule has 1 aliphatic rings. The highest BCUT2D eigenvalue weighted by Crippen LogP contribution is 2.30. The molecule has 8 heteroatoms. The summed E-state index contributed by atoms with van der Waals surface area (Å²) in [6.45, 7) is 1.90. The zero-order chi connectivity index (χ0) is 20.2. The Kier molecular flexibility index (Phi) is 6.01. The van der Waals surface area contributed by atoms with Crippen molar-refractivity contribution < 1.29 is 9.59 Å². The first-order valence-electron chi connectivity index (χ1n) is 9.51. The fourth-order valence-electron chi connectivity index (χ4n) is 3.42. The number of hydrogen-bond acceptors (Lipinski definition) is 6. The molecule has 29 heavy (non-hydrogen) atoms. The van der Waals surface area contributed by atoms with Crippen molar-refractivity contribution >= 4 is 56.5 Å². The first-order valence-corrected chi connectivity index (χ1v) is 11.5. The Balaban J connectivity index is 1.40. The number of aromatic nitrogens is 1. The van der Waals surface area contributed by atoms with E-state index in [-0.39, 0.29) is 5.91 Å². The van der Waals surface area contributed by atoms with E-state index in [4.69, 9.17) is 5.73 Å². The maximum absolute atomic E-state index is 12.5. The molecule has 0 unspecified atom stereocenters. The fourth-order valence-corrected chi connectivity index (χ4v) is 5.27. The largest absolute Gasteiger partial charge is 0.370 e. The van der Waals surface area contributed by atoms with Gasteiger partial charge in [0.1, 0.15) is 5.01 Å². The predicted octanol–water partition coefficient (Wildman–Crippen LogP) is 3.87. The van der Waals surface area contributed by atoms with Crippen LogP contribution in [0.2, 0.25) is 0 Å². The van der Waals surface area contributed by atoms with Crippen molar-refractivity contribution in [2.45, 2.75) is 18.6 Å². The highest BCUT2D eigenvalue weighted by molar-refractivity contribution is 7.99. The minimum absolute atomic E-state index is 0.0989. The number of benzene rings is 2. The number of rotatable bonds is 7. The highest BCUT2D eigenvalue weighted by Gasteiger charge is 2.18. The van der Waals surface area contributed by atoms with Crippen LogP contribution in [0.1, 0.15) is 28.2 Å². The van der Waals surface area contributed by atoms with Crippen molar-refractivity contribution in [3.63, 3.8) is 0 Å². The fraction of sp³-hybridized carbons (Fsp3) is 0.286. The van der Waals surface area contributed by atoms with Gasteiger partial charge in [-0.2, -0.15) is 0 Å². The Morgan fingerprint density at radius 2 is 1.97 bits per heavy atom. The number of amides is 2. The van der Waals surface area contributed by atoms with Gasteiger partial charge in [0.25, 0.3) is 0 Å². The molecule has 0 radical (unpaired) electrons. The number of hydrogen-bond donors (Lipinski definition) is 2. The third-order valence-electron chi connectivity index (χ3n) is 4.80. The summed E-state index contributed by atoms with van der Waals surface area (Å²) in [7, 11) is 0. The third-order valence-corrected chi connectivity index (χ3v) is 6.96. The Labute approximate surface area is 177 Å². The van der Waals surface area contributed by atoms with Gasteiger partial charge in [0, 0.05) is 24.4 Å². The maximum atomic E-state index is 12.5. The predicted molar refractivity (Wildman–Crippen MR) is 121 cm³/mol. The van der Waals surface area contributed by atoms with Gasteiger partial charge >= 0.3 is 0 Å². The van der Waals surface area contributed by atoms with Gasteiger partial charge in [0.05, 0.1) is 27.3 Å². The van der Waals surface area contributed by atoms with Crippen LogP contribution in [-0.2, 0) is 10.5 Å². The molecule has 1 saturated heterocycles. The standard InChI is InChI=1S/C21H22N4O2S2/c22-21(27)14-7-8-17(25-9-3-4-10-25)16(11-14)23-19(26)12-28-13-20-24-15-5-1-2-6-18(15)29-20/h1-2,5-8,11H,3-4,9-10,12-13H2,(H2,22,27)(H,23,26). The summed E-state index contributed by atoms with van der Waals surface area (Å²) in [5.74, 6) is 0.403. The SMILES string of the molecule is NC(=O)c1ccc(N2CCCC2)c(NC(=O)CSCc2nc3ccccc3s2)c1. The van der Waals surface area contributed by atoms with Crippen LogP contribution in [0.4, 0.5) is 11.4 Å². The van der Waals surface area contributed by atoms with Gasteiger partial charge in [-0.3, -0.25) is 9.59 Å². The van der Waals surface area contributed by atoms with E-state index in [0.717, 1.165) is 46.8 Å². The van der Waals surface area contributed by atoms with Gasteiger partial charge < -0.3 is 16.0 Å². The van der Waals surface area contributed by atoms with Crippen molar-refractivity contribution in [2.24, 2.45) is 5.73 Å². The molecule has 1 fully saturated rings. The van der Waals surface area contributed by atoms with Crippen LogP contribution in [-0.4, -0.2) is 35.6 Å². The minimum Gasteiger partial charge on any atom is -0.370 e. The van der Waals surface area contributed by atoms with E-state index in [2.05, 4.69) is 21.3 Å². The molecule has 0 atom stereocenters. The Morgan fingerprint density at radius 1 is 1.17 bits per heavy atom. The van der Waals surface area contributed by atoms with Gasteiger partial charge in [0.2, 0.25) is 11.8 Å². The lowest BCUT2D eigenvalue weighted by molar-refractivity contribution is -0.113. The molecular weight excluding hydrogens is 404 g/mol. The second kappa shape index (κ2) is 8.84. The summed E-state index contributed by atoms with van der Waals surface area (Å²) >= 11 is 3.18. The van der Waals surface area contributed by atoms with E-state index in [1.165, 1.54) is 11.8 Å². The molecule has 3 N–H and O–H groups in total. The van der Waals surface area contributed by atoms with Crippen molar-refractivity contribution in [1.82, 2.24) is 4.98 Å². The van der Waals surface area contributed by atoms with Crippen molar-refractivity contribution in [3.05, 3.63) is 53.0 Å². The summed E-state index contributed by atoms with van der Waals surface area (Å²) in [5, 5.41) is 3.98. The monoisotopic (exact) mass is 426 g/mol. The number of nitrogens with zero attached hydrogens (tertiary/aromatic N) is 2. The van der Waals surface area contributed by atoms with Gasteiger partial charge in [-0.15, -0.1) is 23.1 Å². The molecular formula is C21H22N4O2S2. The number of nitrogens with two attached hydrogens (primary N) is 1. The second-order valence-electron chi connectivity index (χ2n) is 6.91. The van der Waals surface area contributed by atoms with Crippen LogP contribution in [0.3, 0.4) is 0 Å². The topological polar surface area (TPSA) is 88.3 Å². The summed E-state index contributed by atoms with van der Waals surface area (Å²) in [6, 6.07) is 13.3. The number of fused-ring (bicyclic) bond motifs is 1. The van der Waals surface area contributed by atoms with Crippen LogP contribution in [0, 0.1) is 0 Å². The van der Waals surface area contributed by atoms with Gasteiger partial charge in [0.15, 0.2) is 0 Å². The van der Waals surface area contributed by atoms with E-state index in [1.54, 1.807) is 23.5 Å². The van der Waals surface area contributed by atoms with Crippen molar-refractivity contribution in [3.8, 4) is 0 Å². The van der Waals surface area contributed by atoms with Crippen LogP contribution in [0.5, 0.6) is 0 Å². The lowest BCUT2D eigenvalue weighted by Gasteiger charge is -2.22. The molecule has 2 amide bonds. The zero-order valence-corrected chi connectivity index (χ0v) is 17.5. The van der Waals surface area contributed by atoms with Crippen LogP contribution >= 0.6 is 23.1 Å². The molecule has 0 saturated carbocycles. The van der Waals surface area contributed by atoms with E-state index in [0.29, 0.717) is 22.8 Å². The summed E-state index contributed by atoms with van der Waals surface area (Å²) in [5.41, 5.74) is 8.40. The summed E-state index contributed by atoms with van der Waals surface area (Å²) in [4.78, 5) is 30.9. The van der Waals surface area contributed by atoms with E-state index < -0.39 is 5.91 Å². The molecule has 0 bridgehead atoms. The quantitative estimate of drug-likeness (QED) is 0.599. The minimum atomic E-state index is -0.501. The number of thiazole rings is 1. The lowest BCUT2D eigenvalue weighted by Crippen LogP contribution is -2.22. The molecule has 2 aromatic carbocycles. The first-order chi connectivity index (χ1) is 14.1. The van der Waals surface area contributed by atoms with Crippen molar-refractivity contribution in [1.29, 1.82) is 0 Å². The molecule has 3 aromatic rings. The number of anilines is 2. The van der Waals surface area contributed by atoms with Gasteiger partial charge in [-0.1, -0.05) is 12.1 Å². The molecule has 4 rings (SSSR count). The van der Waals surface area contributed by atoms with E-state index >= 15 is 0 Å². The average molecular weight is 427 g/mol. The number of primary amides is 1. The Bertz CT molecular complexity index is 1010. The maximum Gasteiger partial charge on any atom is 0.248 e. The number of carbonyl (C=O) groups is 2. The first kappa shape index (κ1) is 19.7. The highest BCUT2D eigenvalue weighted by atomic mass is 32.2. The molecule has 6 nitrogen and oxygen atoms in total. The van der Waals surface area contributed by atoms with Gasteiger partial charge in [-0.05, 0) is 43.2 Å². The van der Waals surface area contributed by atoms with E-state index in [1.807, 2.05) is 24.3 Å². The zero-order valence-electron chi connectivity index (χ0n) is 15.9. The molecule has 1 aromatic heterocycles. The molecule has 150 valence electrons. The number of thioether (sulfide) groups is 1. The number of nitrogens with one attached hydrogen (secondary N) is 1. The van der Waals surface area contributed by atoms with Gasteiger partial charge in [-0.25, -0.2) is 4.98 Å². The molecule has 2 heterocycles.